The number of halogens is 1. The molecule has 0 saturated carbocycles. The summed E-state index contributed by atoms with van der Waals surface area (Å²) < 4.78 is 9.77. The third kappa shape index (κ3) is 3.84. The minimum atomic E-state index is -0.106. The Kier molecular flexibility index (Phi) is 5.25. The Labute approximate surface area is 190 Å². The van der Waals surface area contributed by atoms with Gasteiger partial charge in [-0.25, -0.2) is 9.97 Å². The van der Waals surface area contributed by atoms with Gasteiger partial charge in [-0.1, -0.05) is 23.9 Å². The molecule has 154 valence electrons. The Hall–Kier alpha value is -3.10. The fourth-order valence-electron chi connectivity index (χ4n) is 3.42. The van der Waals surface area contributed by atoms with Crippen LogP contribution in [0.1, 0.15) is 5.69 Å². The van der Waals surface area contributed by atoms with Gasteiger partial charge in [-0.15, -0.1) is 0 Å². The smallest absolute Gasteiger partial charge is 0.258 e. The largest absolute Gasteiger partial charge is 0.497 e. The zero-order valence-electron chi connectivity index (χ0n) is 16.5. The molecule has 5 aromatic rings. The van der Waals surface area contributed by atoms with Crippen molar-refractivity contribution in [3.05, 3.63) is 93.4 Å². The Morgan fingerprint density at radius 3 is 2.65 bits per heavy atom. The van der Waals surface area contributed by atoms with E-state index in [9.17, 15) is 4.79 Å². The first-order valence-electron chi connectivity index (χ1n) is 9.55. The lowest BCUT2D eigenvalue weighted by atomic mass is 10.2. The lowest BCUT2D eigenvalue weighted by Crippen LogP contribution is -2.15. The molecule has 8 heteroatoms. The molecular formula is C23H17BrN4O2S. The van der Waals surface area contributed by atoms with E-state index in [1.807, 2.05) is 54.6 Å². The third-order valence-corrected chi connectivity index (χ3v) is 6.33. The SMILES string of the molecule is COc1ccc(-n2c(SCc3cc(=O)n4cc(Br)ccc4n3)nc3ccccc32)cc1. The maximum atomic E-state index is 12.5. The van der Waals surface area contributed by atoms with Crippen molar-refractivity contribution >= 4 is 44.4 Å². The van der Waals surface area contributed by atoms with Gasteiger partial charge in [0.2, 0.25) is 0 Å². The average molecular weight is 493 g/mol. The molecule has 5 rings (SSSR count). The number of nitrogens with zero attached hydrogens (tertiary/aromatic N) is 4. The van der Waals surface area contributed by atoms with Gasteiger partial charge < -0.3 is 4.74 Å². The van der Waals surface area contributed by atoms with Gasteiger partial charge >= 0.3 is 0 Å². The first-order chi connectivity index (χ1) is 15.1. The summed E-state index contributed by atoms with van der Waals surface area (Å²) in [6, 6.07) is 21.2. The number of fused-ring (bicyclic) bond motifs is 2. The normalized spacial score (nSPS) is 11.3. The molecule has 0 N–H and O–H groups in total. The van der Waals surface area contributed by atoms with E-state index in [0.717, 1.165) is 32.1 Å². The maximum Gasteiger partial charge on any atom is 0.258 e. The number of benzene rings is 2. The number of rotatable bonds is 5. The molecule has 0 saturated heterocycles. The standard InChI is InChI=1S/C23H17BrN4O2S/c1-30-18-9-7-17(8-10-18)28-20-5-3-2-4-19(20)26-23(28)31-14-16-12-22(29)27-13-15(24)6-11-21(27)25-16/h2-13H,14H2,1H3. The molecule has 0 fully saturated rings. The van der Waals surface area contributed by atoms with Crippen molar-refractivity contribution < 1.29 is 4.74 Å². The Balaban J connectivity index is 1.53. The summed E-state index contributed by atoms with van der Waals surface area (Å²) in [7, 11) is 1.65. The molecule has 0 aliphatic carbocycles. The summed E-state index contributed by atoms with van der Waals surface area (Å²) in [6.07, 6.45) is 1.73. The second-order valence-electron chi connectivity index (χ2n) is 6.87. The fourth-order valence-corrected chi connectivity index (χ4v) is 4.68. The number of hydrogen-bond acceptors (Lipinski definition) is 5. The van der Waals surface area contributed by atoms with Crippen LogP contribution in [0.2, 0.25) is 0 Å². The number of methoxy groups -OCH3 is 1. The van der Waals surface area contributed by atoms with Crippen LogP contribution >= 0.6 is 27.7 Å². The highest BCUT2D eigenvalue weighted by Crippen LogP contribution is 2.30. The quantitative estimate of drug-likeness (QED) is 0.319. The summed E-state index contributed by atoms with van der Waals surface area (Å²) in [4.78, 5) is 22.0. The van der Waals surface area contributed by atoms with Crippen LogP contribution in [0.4, 0.5) is 0 Å². The van der Waals surface area contributed by atoms with E-state index in [1.165, 1.54) is 4.40 Å². The van der Waals surface area contributed by atoms with Crippen LogP contribution in [-0.2, 0) is 5.75 Å². The van der Waals surface area contributed by atoms with Gasteiger partial charge in [-0.05, 0) is 64.5 Å². The van der Waals surface area contributed by atoms with Crippen LogP contribution in [0, 0.1) is 0 Å². The van der Waals surface area contributed by atoms with Gasteiger partial charge in [-0.3, -0.25) is 13.8 Å². The van der Waals surface area contributed by atoms with E-state index in [2.05, 4.69) is 31.5 Å². The monoisotopic (exact) mass is 492 g/mol. The number of pyridine rings is 1. The molecule has 0 spiro atoms. The molecule has 0 atom stereocenters. The minimum absolute atomic E-state index is 0.106. The molecule has 0 amide bonds. The highest BCUT2D eigenvalue weighted by molar-refractivity contribution is 9.10. The van der Waals surface area contributed by atoms with E-state index in [4.69, 9.17) is 9.72 Å². The fraction of sp³-hybridized carbons (Fsp3) is 0.0870. The van der Waals surface area contributed by atoms with Gasteiger partial charge in [0, 0.05) is 28.2 Å². The van der Waals surface area contributed by atoms with E-state index < -0.39 is 0 Å². The molecule has 2 aromatic carbocycles. The third-order valence-electron chi connectivity index (χ3n) is 4.89. The van der Waals surface area contributed by atoms with Gasteiger partial charge in [0.1, 0.15) is 11.4 Å². The predicted octanol–water partition coefficient (Wildman–Crippen LogP) is 5.10. The summed E-state index contributed by atoms with van der Waals surface area (Å²) in [5.41, 5.74) is 4.16. The van der Waals surface area contributed by atoms with Gasteiger partial charge in [0.05, 0.1) is 23.8 Å². The Morgan fingerprint density at radius 2 is 1.84 bits per heavy atom. The number of aromatic nitrogens is 4. The molecule has 3 heterocycles. The molecule has 0 radical (unpaired) electrons. The van der Waals surface area contributed by atoms with E-state index in [0.29, 0.717) is 17.1 Å². The molecule has 3 aromatic heterocycles. The van der Waals surface area contributed by atoms with Crippen LogP contribution in [0.25, 0.3) is 22.4 Å². The van der Waals surface area contributed by atoms with E-state index >= 15 is 0 Å². The van der Waals surface area contributed by atoms with Crippen LogP contribution in [0.3, 0.4) is 0 Å². The number of imidazole rings is 1. The highest BCUT2D eigenvalue weighted by atomic mass is 79.9. The number of hydrogen-bond donors (Lipinski definition) is 0. The molecule has 6 nitrogen and oxygen atoms in total. The Morgan fingerprint density at radius 1 is 1.03 bits per heavy atom. The van der Waals surface area contributed by atoms with Gasteiger partial charge in [0.15, 0.2) is 5.16 Å². The minimum Gasteiger partial charge on any atom is -0.497 e. The number of thioether (sulfide) groups is 1. The molecular weight excluding hydrogens is 476 g/mol. The maximum absolute atomic E-state index is 12.5. The lowest BCUT2D eigenvalue weighted by Gasteiger charge is -2.10. The van der Waals surface area contributed by atoms with E-state index in [1.54, 1.807) is 31.1 Å². The highest BCUT2D eigenvalue weighted by Gasteiger charge is 2.14. The van der Waals surface area contributed by atoms with Crippen molar-refractivity contribution in [2.75, 3.05) is 7.11 Å². The molecule has 0 unspecified atom stereocenters. The van der Waals surface area contributed by atoms with E-state index in [-0.39, 0.29) is 5.56 Å². The van der Waals surface area contributed by atoms with Crippen molar-refractivity contribution in [1.29, 1.82) is 0 Å². The van der Waals surface area contributed by atoms with Gasteiger partial charge in [-0.2, -0.15) is 0 Å². The number of para-hydroxylation sites is 2. The first-order valence-corrected chi connectivity index (χ1v) is 11.3. The summed E-state index contributed by atoms with van der Waals surface area (Å²) in [6.45, 7) is 0. The topological polar surface area (TPSA) is 61.4 Å². The molecule has 31 heavy (non-hydrogen) atoms. The zero-order chi connectivity index (χ0) is 21.4. The van der Waals surface area contributed by atoms with Crippen LogP contribution in [0.5, 0.6) is 5.75 Å². The summed E-state index contributed by atoms with van der Waals surface area (Å²) >= 11 is 4.94. The van der Waals surface area contributed by atoms with Crippen molar-refractivity contribution in [3.63, 3.8) is 0 Å². The Bertz CT molecular complexity index is 1460. The van der Waals surface area contributed by atoms with Crippen LogP contribution < -0.4 is 10.3 Å². The molecule has 0 aliphatic heterocycles. The van der Waals surface area contributed by atoms with Gasteiger partial charge in [0.25, 0.3) is 5.56 Å². The van der Waals surface area contributed by atoms with Crippen LogP contribution in [0.15, 0.2) is 87.4 Å². The predicted molar refractivity (Wildman–Crippen MR) is 126 cm³/mol. The molecule has 0 bridgehead atoms. The van der Waals surface area contributed by atoms with Crippen molar-refractivity contribution in [1.82, 2.24) is 18.9 Å². The first kappa shape index (κ1) is 19.8. The summed E-state index contributed by atoms with van der Waals surface area (Å²) in [5.74, 6) is 1.33. The van der Waals surface area contributed by atoms with Crippen molar-refractivity contribution in [3.8, 4) is 11.4 Å². The zero-order valence-corrected chi connectivity index (χ0v) is 18.9. The number of ether oxygens (including phenoxy) is 1. The summed E-state index contributed by atoms with van der Waals surface area (Å²) in [5, 5.41) is 0.837. The second-order valence-corrected chi connectivity index (χ2v) is 8.72. The van der Waals surface area contributed by atoms with Crippen molar-refractivity contribution in [2.45, 2.75) is 10.9 Å². The second kappa shape index (κ2) is 8.20. The van der Waals surface area contributed by atoms with Crippen LogP contribution in [-0.4, -0.2) is 26.0 Å². The van der Waals surface area contributed by atoms with Crippen molar-refractivity contribution in [2.24, 2.45) is 0 Å². The average Bonchev–Trinajstić information content (AvgIpc) is 3.16. The molecule has 0 aliphatic rings. The lowest BCUT2D eigenvalue weighted by molar-refractivity contribution is 0.414.